The van der Waals surface area contributed by atoms with Gasteiger partial charge in [-0.15, -0.1) is 0 Å². The van der Waals surface area contributed by atoms with Crippen LogP contribution >= 0.6 is 11.6 Å². The molecule has 0 spiro atoms. The first-order valence-electron chi connectivity index (χ1n) is 6.30. The van der Waals surface area contributed by atoms with Crippen LogP contribution in [0.1, 0.15) is 20.3 Å². The van der Waals surface area contributed by atoms with Crippen LogP contribution in [0.15, 0.2) is 24.3 Å². The summed E-state index contributed by atoms with van der Waals surface area (Å²) in [4.78, 5) is 12.0. The van der Waals surface area contributed by atoms with Crippen molar-refractivity contribution in [3.8, 4) is 0 Å². The van der Waals surface area contributed by atoms with E-state index in [1.165, 1.54) is 0 Å². The third kappa shape index (κ3) is 4.38. The molecule has 112 valence electrons. The lowest BCUT2D eigenvalue weighted by Crippen LogP contribution is -2.48. The number of nitrogens with zero attached hydrogens (tertiary/aromatic N) is 1. The van der Waals surface area contributed by atoms with E-state index < -0.39 is 16.1 Å². The van der Waals surface area contributed by atoms with Gasteiger partial charge in [-0.25, -0.2) is 8.42 Å². The molecular formula is C13H19ClN2O3S. The molecular weight excluding hydrogens is 300 g/mol. The Balaban J connectivity index is 3.08. The van der Waals surface area contributed by atoms with E-state index in [-0.39, 0.29) is 5.91 Å². The van der Waals surface area contributed by atoms with Crippen LogP contribution in [0.4, 0.5) is 5.69 Å². The zero-order chi connectivity index (χ0) is 15.3. The molecule has 0 saturated heterocycles. The summed E-state index contributed by atoms with van der Waals surface area (Å²) in [5.41, 5.74) is 0.413. The molecule has 1 N–H and O–H groups in total. The maximum atomic E-state index is 12.0. The van der Waals surface area contributed by atoms with Gasteiger partial charge in [0, 0.05) is 11.6 Å². The van der Waals surface area contributed by atoms with Gasteiger partial charge in [0.15, 0.2) is 0 Å². The molecule has 7 heteroatoms. The van der Waals surface area contributed by atoms with Crippen LogP contribution in [-0.2, 0) is 14.8 Å². The van der Waals surface area contributed by atoms with E-state index in [0.717, 1.165) is 17.0 Å². The zero-order valence-corrected chi connectivity index (χ0v) is 13.3. The highest BCUT2D eigenvalue weighted by Gasteiger charge is 2.28. The molecule has 0 heterocycles. The van der Waals surface area contributed by atoms with Gasteiger partial charge in [-0.2, -0.15) is 0 Å². The van der Waals surface area contributed by atoms with E-state index in [4.69, 9.17) is 11.6 Å². The molecule has 0 bridgehead atoms. The topological polar surface area (TPSA) is 66.5 Å². The minimum Gasteiger partial charge on any atom is -0.354 e. The average Bonchev–Trinajstić information content (AvgIpc) is 2.36. The highest BCUT2D eigenvalue weighted by Crippen LogP contribution is 2.22. The summed E-state index contributed by atoms with van der Waals surface area (Å²) in [5, 5.41) is 3.20. The van der Waals surface area contributed by atoms with Gasteiger partial charge in [0.1, 0.15) is 6.04 Å². The molecule has 1 aromatic carbocycles. The lowest BCUT2D eigenvalue weighted by molar-refractivity contribution is -0.121. The number of sulfonamides is 1. The second-order valence-electron chi connectivity index (χ2n) is 4.50. The first-order valence-corrected chi connectivity index (χ1v) is 8.52. The van der Waals surface area contributed by atoms with Crippen molar-refractivity contribution < 1.29 is 13.2 Å². The fraction of sp³-hybridized carbons (Fsp3) is 0.462. The summed E-state index contributed by atoms with van der Waals surface area (Å²) in [6.07, 6.45) is 1.86. The quantitative estimate of drug-likeness (QED) is 0.872. The summed E-state index contributed by atoms with van der Waals surface area (Å²) in [5.74, 6) is -0.327. The average molecular weight is 319 g/mol. The number of hydrogen-bond acceptors (Lipinski definition) is 3. The van der Waals surface area contributed by atoms with Crippen LogP contribution in [0, 0.1) is 0 Å². The smallest absolute Gasteiger partial charge is 0.243 e. The number of benzene rings is 1. The van der Waals surface area contributed by atoms with Gasteiger partial charge < -0.3 is 5.32 Å². The van der Waals surface area contributed by atoms with E-state index >= 15 is 0 Å². The van der Waals surface area contributed by atoms with Gasteiger partial charge in [0.2, 0.25) is 15.9 Å². The van der Waals surface area contributed by atoms with E-state index in [1.54, 1.807) is 31.2 Å². The van der Waals surface area contributed by atoms with E-state index in [1.807, 2.05) is 6.92 Å². The highest BCUT2D eigenvalue weighted by atomic mass is 35.5. The molecule has 0 aliphatic carbocycles. The number of nitrogens with one attached hydrogen (secondary N) is 1. The van der Waals surface area contributed by atoms with Crippen LogP contribution in [0.2, 0.25) is 5.02 Å². The molecule has 0 unspecified atom stereocenters. The molecule has 0 aromatic heterocycles. The first-order chi connectivity index (χ1) is 9.27. The Labute approximate surface area is 125 Å². The van der Waals surface area contributed by atoms with Crippen molar-refractivity contribution in [2.75, 3.05) is 17.1 Å². The molecule has 0 aliphatic heterocycles. The number of hydrogen-bond donors (Lipinski definition) is 1. The third-order valence-corrected chi connectivity index (χ3v) is 4.21. The lowest BCUT2D eigenvalue weighted by atomic mass is 10.2. The van der Waals surface area contributed by atoms with Gasteiger partial charge in [-0.3, -0.25) is 9.10 Å². The van der Waals surface area contributed by atoms with Crippen LogP contribution in [0.25, 0.3) is 0 Å². The van der Waals surface area contributed by atoms with Gasteiger partial charge in [-0.1, -0.05) is 18.5 Å². The van der Waals surface area contributed by atoms with Gasteiger partial charge >= 0.3 is 0 Å². The molecule has 5 nitrogen and oxygen atoms in total. The number of rotatable bonds is 6. The zero-order valence-electron chi connectivity index (χ0n) is 11.8. The number of carbonyl (C=O) groups excluding carboxylic acids is 1. The fourth-order valence-corrected chi connectivity index (χ4v) is 3.09. The van der Waals surface area contributed by atoms with Crippen LogP contribution in [0.3, 0.4) is 0 Å². The monoisotopic (exact) mass is 318 g/mol. The summed E-state index contributed by atoms with van der Waals surface area (Å²) < 4.78 is 25.0. The number of carbonyl (C=O) groups is 1. The van der Waals surface area contributed by atoms with Crippen LogP contribution in [-0.4, -0.2) is 33.2 Å². The summed E-state index contributed by atoms with van der Waals surface area (Å²) in [7, 11) is -3.57. The van der Waals surface area contributed by atoms with Crippen molar-refractivity contribution in [1.29, 1.82) is 0 Å². The van der Waals surface area contributed by atoms with Gasteiger partial charge in [0.25, 0.3) is 0 Å². The lowest BCUT2D eigenvalue weighted by Gasteiger charge is -2.28. The summed E-state index contributed by atoms with van der Waals surface area (Å²) in [6, 6.07) is 5.51. The van der Waals surface area contributed by atoms with Crippen LogP contribution < -0.4 is 9.62 Å². The number of halogens is 1. The Kier molecular flexibility index (Phi) is 5.83. The molecule has 20 heavy (non-hydrogen) atoms. The molecule has 0 fully saturated rings. The Morgan fingerprint density at radius 2 is 1.90 bits per heavy atom. The maximum absolute atomic E-state index is 12.0. The second kappa shape index (κ2) is 6.95. The van der Waals surface area contributed by atoms with Gasteiger partial charge in [-0.05, 0) is 37.6 Å². The third-order valence-electron chi connectivity index (χ3n) is 2.72. The molecule has 1 atom stereocenters. The SMILES string of the molecule is CCCNC(=O)[C@@H](C)N(c1ccc(Cl)cc1)S(C)(=O)=O. The predicted molar refractivity (Wildman–Crippen MR) is 81.5 cm³/mol. The molecule has 1 aromatic rings. The number of anilines is 1. The van der Waals surface area contributed by atoms with E-state index in [2.05, 4.69) is 5.32 Å². The first kappa shape index (κ1) is 16.8. The van der Waals surface area contributed by atoms with Crippen molar-refractivity contribution in [1.82, 2.24) is 5.32 Å². The van der Waals surface area contributed by atoms with Crippen molar-refractivity contribution in [3.05, 3.63) is 29.3 Å². The Morgan fingerprint density at radius 3 is 2.35 bits per heavy atom. The van der Waals surface area contributed by atoms with E-state index in [0.29, 0.717) is 17.3 Å². The predicted octanol–water partition coefficient (Wildman–Crippen LogP) is 2.02. The van der Waals surface area contributed by atoms with E-state index in [9.17, 15) is 13.2 Å². The molecule has 0 aliphatic rings. The summed E-state index contributed by atoms with van der Waals surface area (Å²) >= 11 is 5.79. The maximum Gasteiger partial charge on any atom is 0.243 e. The Morgan fingerprint density at radius 1 is 1.35 bits per heavy atom. The van der Waals surface area contributed by atoms with Gasteiger partial charge in [0.05, 0.1) is 11.9 Å². The van der Waals surface area contributed by atoms with Crippen molar-refractivity contribution in [2.24, 2.45) is 0 Å². The molecule has 1 rings (SSSR count). The van der Waals surface area contributed by atoms with Crippen LogP contribution in [0.5, 0.6) is 0 Å². The minimum atomic E-state index is -3.57. The van der Waals surface area contributed by atoms with Crippen molar-refractivity contribution >= 4 is 33.2 Å². The highest BCUT2D eigenvalue weighted by molar-refractivity contribution is 7.92. The van der Waals surface area contributed by atoms with Crippen molar-refractivity contribution in [3.63, 3.8) is 0 Å². The Hall–Kier alpha value is -1.27. The largest absolute Gasteiger partial charge is 0.354 e. The standard InChI is InChI=1S/C13H19ClN2O3S/c1-4-9-15-13(17)10(2)16(20(3,18)19)12-7-5-11(14)6-8-12/h5-8,10H,4,9H2,1-3H3,(H,15,17)/t10-/m1/s1. The van der Waals surface area contributed by atoms with Crippen molar-refractivity contribution in [2.45, 2.75) is 26.3 Å². The Bertz CT molecular complexity index is 557. The fourth-order valence-electron chi connectivity index (χ4n) is 1.79. The number of amides is 1. The minimum absolute atomic E-state index is 0.327. The summed E-state index contributed by atoms with van der Waals surface area (Å²) in [6.45, 7) is 4.00. The molecule has 0 radical (unpaired) electrons. The normalized spacial score (nSPS) is 12.8. The molecule has 1 amide bonds. The molecule has 0 saturated carbocycles. The second-order valence-corrected chi connectivity index (χ2v) is 6.80.